The molecular formula is C6H13NO4S. The summed E-state index contributed by atoms with van der Waals surface area (Å²) in [6.45, 7) is 0.638. The largest absolute Gasteiger partial charge is 0.549 e. The SMILES string of the molecule is O=C([O-])CS.O=C1CCCO1.[NH4+]. The number of carboxylic acids is 1. The van der Waals surface area contributed by atoms with E-state index in [-0.39, 0.29) is 17.9 Å². The van der Waals surface area contributed by atoms with Gasteiger partial charge in [0, 0.05) is 12.2 Å². The molecule has 4 N–H and O–H groups in total. The van der Waals surface area contributed by atoms with E-state index in [1.165, 1.54) is 0 Å². The normalized spacial score (nSPS) is 13.6. The van der Waals surface area contributed by atoms with Gasteiger partial charge in [0.05, 0.1) is 12.6 Å². The topological polar surface area (TPSA) is 103 Å². The molecular weight excluding hydrogens is 182 g/mol. The standard InChI is InChI=1S/C4H6O2.C2H4O2S.H3N/c5-4-2-1-3-6-4;3-2(4)1-5;/h1-3H2;5H,1H2,(H,3,4);1H3. The Kier molecular flexibility index (Phi) is 9.61. The molecule has 0 amide bonds. The maximum absolute atomic E-state index is 10.0. The Hall–Kier alpha value is -0.750. The van der Waals surface area contributed by atoms with Crippen LogP contribution in [0.3, 0.4) is 0 Å². The zero-order valence-corrected chi connectivity index (χ0v) is 7.80. The highest BCUT2D eigenvalue weighted by atomic mass is 32.1. The zero-order valence-electron chi connectivity index (χ0n) is 6.91. The van der Waals surface area contributed by atoms with E-state index in [4.69, 9.17) is 0 Å². The number of hydrogen-bond acceptors (Lipinski definition) is 5. The van der Waals surface area contributed by atoms with Crippen LogP contribution in [-0.4, -0.2) is 24.3 Å². The smallest absolute Gasteiger partial charge is 0.305 e. The molecule has 1 heterocycles. The van der Waals surface area contributed by atoms with E-state index in [0.29, 0.717) is 13.0 Å². The first-order chi connectivity index (χ1) is 5.16. The first kappa shape index (κ1) is 13.8. The summed E-state index contributed by atoms with van der Waals surface area (Å²) in [7, 11) is 0. The quantitative estimate of drug-likeness (QED) is 0.429. The van der Waals surface area contributed by atoms with E-state index in [1.54, 1.807) is 0 Å². The van der Waals surface area contributed by atoms with Gasteiger partial charge in [0.15, 0.2) is 0 Å². The van der Waals surface area contributed by atoms with Crippen LogP contribution >= 0.6 is 12.6 Å². The van der Waals surface area contributed by atoms with Crippen molar-refractivity contribution in [2.45, 2.75) is 12.8 Å². The average molecular weight is 195 g/mol. The van der Waals surface area contributed by atoms with E-state index in [0.717, 1.165) is 6.42 Å². The fourth-order valence-electron chi connectivity index (χ4n) is 0.475. The fraction of sp³-hybridized carbons (Fsp3) is 0.667. The van der Waals surface area contributed by atoms with Crippen LogP contribution < -0.4 is 11.3 Å². The highest BCUT2D eigenvalue weighted by Crippen LogP contribution is 2.01. The molecule has 72 valence electrons. The van der Waals surface area contributed by atoms with Gasteiger partial charge in [-0.1, -0.05) is 0 Å². The van der Waals surface area contributed by atoms with Crippen molar-refractivity contribution in [2.75, 3.05) is 12.4 Å². The lowest BCUT2D eigenvalue weighted by molar-refractivity contribution is -0.301. The zero-order chi connectivity index (χ0) is 8.69. The van der Waals surface area contributed by atoms with Crippen LogP contribution in [0.1, 0.15) is 12.8 Å². The fourth-order valence-corrected chi connectivity index (χ4v) is 0.475. The van der Waals surface area contributed by atoms with Gasteiger partial charge in [0.2, 0.25) is 0 Å². The molecule has 0 bridgehead atoms. The molecule has 1 fully saturated rings. The number of quaternary nitrogens is 1. The second-order valence-electron chi connectivity index (χ2n) is 1.85. The Labute approximate surface area is 76.1 Å². The van der Waals surface area contributed by atoms with Crippen molar-refractivity contribution in [3.8, 4) is 0 Å². The first-order valence-electron chi connectivity index (χ1n) is 3.13. The van der Waals surface area contributed by atoms with Crippen LogP contribution in [0.15, 0.2) is 0 Å². The van der Waals surface area contributed by atoms with Gasteiger partial charge in [-0.05, 0) is 6.42 Å². The molecule has 0 unspecified atom stereocenters. The lowest BCUT2D eigenvalue weighted by atomic mass is 10.4. The summed E-state index contributed by atoms with van der Waals surface area (Å²) in [5.74, 6) is -1.37. The molecule has 5 nitrogen and oxygen atoms in total. The molecule has 1 aliphatic heterocycles. The van der Waals surface area contributed by atoms with Crippen molar-refractivity contribution >= 4 is 24.6 Å². The summed E-state index contributed by atoms with van der Waals surface area (Å²) in [6, 6.07) is 0. The third kappa shape index (κ3) is 9.25. The number of rotatable bonds is 1. The van der Waals surface area contributed by atoms with Crippen LogP contribution in [0.4, 0.5) is 0 Å². The molecule has 0 atom stereocenters. The van der Waals surface area contributed by atoms with Crippen molar-refractivity contribution in [1.82, 2.24) is 6.15 Å². The monoisotopic (exact) mass is 195 g/mol. The Balaban J connectivity index is 0. The third-order valence-corrected chi connectivity index (χ3v) is 1.18. The molecule has 1 rings (SSSR count). The van der Waals surface area contributed by atoms with Gasteiger partial charge in [-0.25, -0.2) is 0 Å². The summed E-state index contributed by atoms with van der Waals surface area (Å²) in [6.07, 6.45) is 1.54. The Morgan fingerprint density at radius 2 is 2.17 bits per heavy atom. The first-order valence-corrected chi connectivity index (χ1v) is 3.76. The predicted octanol–water partition coefficient (Wildman–Crippen LogP) is -0.634. The van der Waals surface area contributed by atoms with Crippen LogP contribution in [0.25, 0.3) is 0 Å². The van der Waals surface area contributed by atoms with Crippen molar-refractivity contribution in [3.05, 3.63) is 0 Å². The van der Waals surface area contributed by atoms with Gasteiger partial charge >= 0.3 is 5.97 Å². The molecule has 0 aromatic heterocycles. The maximum Gasteiger partial charge on any atom is 0.305 e. The summed E-state index contributed by atoms with van der Waals surface area (Å²) in [5.41, 5.74) is 0. The number of carboxylic acid groups (broad SMARTS) is 1. The summed E-state index contributed by atoms with van der Waals surface area (Å²) < 4.78 is 4.51. The molecule has 0 spiro atoms. The number of esters is 1. The Morgan fingerprint density at radius 3 is 2.25 bits per heavy atom. The number of thiol groups is 1. The molecule has 0 aromatic rings. The maximum atomic E-state index is 10.0. The van der Waals surface area contributed by atoms with Crippen LogP contribution in [0, 0.1) is 0 Å². The van der Waals surface area contributed by atoms with Gasteiger partial charge in [-0.2, -0.15) is 12.6 Å². The second kappa shape index (κ2) is 8.35. The highest BCUT2D eigenvalue weighted by molar-refractivity contribution is 7.81. The van der Waals surface area contributed by atoms with E-state index < -0.39 is 5.97 Å². The number of carbonyl (C=O) groups excluding carboxylic acids is 2. The van der Waals surface area contributed by atoms with Crippen molar-refractivity contribution < 1.29 is 19.4 Å². The van der Waals surface area contributed by atoms with Crippen molar-refractivity contribution in [3.63, 3.8) is 0 Å². The minimum Gasteiger partial charge on any atom is -0.549 e. The number of cyclic esters (lactones) is 1. The number of ether oxygens (including phenoxy) is 1. The lowest BCUT2D eigenvalue weighted by Crippen LogP contribution is -2.23. The van der Waals surface area contributed by atoms with E-state index >= 15 is 0 Å². The van der Waals surface area contributed by atoms with Crippen LogP contribution in [0.2, 0.25) is 0 Å². The Morgan fingerprint density at radius 1 is 1.67 bits per heavy atom. The molecule has 0 saturated carbocycles. The van der Waals surface area contributed by atoms with Crippen molar-refractivity contribution in [1.29, 1.82) is 0 Å². The minimum atomic E-state index is -1.13. The summed E-state index contributed by atoms with van der Waals surface area (Å²) in [4.78, 5) is 19.2. The van der Waals surface area contributed by atoms with Gasteiger partial charge in [-0.15, -0.1) is 0 Å². The number of aliphatic carboxylic acids is 1. The lowest BCUT2D eigenvalue weighted by Gasteiger charge is -1.86. The van der Waals surface area contributed by atoms with Gasteiger partial charge in [0.1, 0.15) is 0 Å². The molecule has 6 heteroatoms. The molecule has 1 aliphatic rings. The van der Waals surface area contributed by atoms with E-state index in [9.17, 15) is 14.7 Å². The van der Waals surface area contributed by atoms with E-state index in [1.807, 2.05) is 0 Å². The molecule has 0 aromatic carbocycles. The minimum absolute atomic E-state index is 0. The molecule has 1 saturated heterocycles. The second-order valence-corrected chi connectivity index (χ2v) is 2.17. The predicted molar refractivity (Wildman–Crippen MR) is 45.0 cm³/mol. The number of hydrogen-bond donors (Lipinski definition) is 2. The van der Waals surface area contributed by atoms with E-state index in [2.05, 4.69) is 17.4 Å². The third-order valence-electron chi connectivity index (χ3n) is 0.917. The molecule has 12 heavy (non-hydrogen) atoms. The van der Waals surface area contributed by atoms with Gasteiger partial charge in [0.25, 0.3) is 0 Å². The summed E-state index contributed by atoms with van der Waals surface area (Å²) in [5, 5.41) is 9.18. The van der Waals surface area contributed by atoms with Gasteiger partial charge < -0.3 is 20.8 Å². The van der Waals surface area contributed by atoms with Crippen molar-refractivity contribution in [2.24, 2.45) is 0 Å². The van der Waals surface area contributed by atoms with Crippen LogP contribution in [0.5, 0.6) is 0 Å². The summed E-state index contributed by atoms with van der Waals surface area (Å²) >= 11 is 3.35. The van der Waals surface area contributed by atoms with Crippen LogP contribution in [-0.2, 0) is 14.3 Å². The van der Waals surface area contributed by atoms with Gasteiger partial charge in [-0.3, -0.25) is 4.79 Å². The molecule has 0 radical (unpaired) electrons. The average Bonchev–Trinajstić information content (AvgIpc) is 2.41. The highest BCUT2D eigenvalue weighted by Gasteiger charge is 2.08. The number of carbonyl (C=O) groups is 2. The Bertz CT molecular complexity index is 142. The molecule has 0 aliphatic carbocycles.